The summed E-state index contributed by atoms with van der Waals surface area (Å²) in [7, 11) is 0. The molecule has 0 spiro atoms. The number of ether oxygens (including phenoxy) is 6. The van der Waals surface area contributed by atoms with Crippen LogP contribution < -0.4 is 0 Å². The van der Waals surface area contributed by atoms with Gasteiger partial charge in [-0.15, -0.1) is 0 Å². The molecule has 2 heterocycles. The lowest BCUT2D eigenvalue weighted by Crippen LogP contribution is -2.63. The molecule has 9 heteroatoms. The van der Waals surface area contributed by atoms with Crippen LogP contribution in [-0.4, -0.2) is 60.1 Å². The molecule has 1 aromatic rings. The van der Waals surface area contributed by atoms with E-state index in [1.807, 2.05) is 24.3 Å². The van der Waals surface area contributed by atoms with E-state index < -0.39 is 60.1 Å². The molecule has 0 aromatic heterocycles. The molecule has 6 atom stereocenters. The summed E-state index contributed by atoms with van der Waals surface area (Å²) in [5.41, 5.74) is 0.824. The molecule has 0 amide bonds. The van der Waals surface area contributed by atoms with Crippen molar-refractivity contribution < 1.29 is 38.0 Å². The van der Waals surface area contributed by atoms with Crippen LogP contribution in [0.3, 0.4) is 0 Å². The second-order valence-electron chi connectivity index (χ2n) is 9.74. The van der Waals surface area contributed by atoms with Crippen molar-refractivity contribution in [1.29, 1.82) is 0 Å². The number of halogens is 1. The molecule has 3 fully saturated rings. The van der Waals surface area contributed by atoms with Crippen molar-refractivity contribution in [2.75, 3.05) is 0 Å². The van der Waals surface area contributed by atoms with E-state index in [4.69, 9.17) is 28.4 Å². The molecule has 2 saturated heterocycles. The van der Waals surface area contributed by atoms with Gasteiger partial charge in [0.2, 0.25) is 0 Å². The number of benzene rings is 1. The van der Waals surface area contributed by atoms with Crippen LogP contribution in [0.5, 0.6) is 0 Å². The van der Waals surface area contributed by atoms with Gasteiger partial charge in [-0.25, -0.2) is 4.79 Å². The molecule has 194 valence electrons. The van der Waals surface area contributed by atoms with E-state index in [1.54, 1.807) is 52.0 Å². The number of carbonyl (C=O) groups excluding carboxylic acids is 2. The van der Waals surface area contributed by atoms with Crippen LogP contribution >= 0.6 is 15.9 Å². The average Bonchev–Trinajstić information content (AvgIpc) is 3.30. The first-order valence-corrected chi connectivity index (χ1v) is 12.6. The Hall–Kier alpha value is -2.30. The number of carbonyl (C=O) groups is 2. The minimum atomic E-state index is -0.982. The highest BCUT2D eigenvalue weighted by molar-refractivity contribution is 9.10. The van der Waals surface area contributed by atoms with Crippen molar-refractivity contribution in [2.24, 2.45) is 0 Å². The highest BCUT2D eigenvalue weighted by Crippen LogP contribution is 2.46. The minimum absolute atomic E-state index is 0.0191. The number of esters is 2. The summed E-state index contributed by atoms with van der Waals surface area (Å²) in [6.45, 7) is 10.7. The fraction of sp³-hybridized carbons (Fsp3) is 0.481. The van der Waals surface area contributed by atoms with E-state index in [-0.39, 0.29) is 6.42 Å². The molecule has 4 rings (SSSR count). The molecule has 1 saturated carbocycles. The lowest BCUT2D eigenvalue weighted by Gasteiger charge is -2.41. The summed E-state index contributed by atoms with van der Waals surface area (Å²) < 4.78 is 37.2. The molecule has 2 aliphatic heterocycles. The maximum Gasteiger partial charge on any atom is 0.331 e. The molecule has 0 bridgehead atoms. The van der Waals surface area contributed by atoms with Crippen LogP contribution in [0.15, 0.2) is 59.6 Å². The van der Waals surface area contributed by atoms with Crippen LogP contribution in [-0.2, 0) is 38.0 Å². The second-order valence-corrected chi connectivity index (χ2v) is 10.7. The van der Waals surface area contributed by atoms with Crippen LogP contribution in [0.4, 0.5) is 0 Å². The molecule has 36 heavy (non-hydrogen) atoms. The zero-order valence-electron chi connectivity index (χ0n) is 20.7. The van der Waals surface area contributed by atoms with Gasteiger partial charge in [-0.2, -0.15) is 0 Å². The highest BCUT2D eigenvalue weighted by atomic mass is 79.9. The Balaban J connectivity index is 1.61. The number of rotatable bonds is 7. The largest absolute Gasteiger partial charge is 0.455 e. The van der Waals surface area contributed by atoms with Gasteiger partial charge in [0.05, 0.1) is 6.42 Å². The molecule has 3 aliphatic rings. The third-order valence-electron chi connectivity index (χ3n) is 5.98. The maximum absolute atomic E-state index is 12.9. The summed E-state index contributed by atoms with van der Waals surface area (Å²) >= 11 is 3.39. The summed E-state index contributed by atoms with van der Waals surface area (Å²) in [5, 5.41) is 0. The van der Waals surface area contributed by atoms with E-state index in [0.29, 0.717) is 0 Å². The van der Waals surface area contributed by atoms with Gasteiger partial charge >= 0.3 is 11.9 Å². The van der Waals surface area contributed by atoms with Gasteiger partial charge in [0.15, 0.2) is 23.8 Å². The normalized spacial score (nSPS) is 32.2. The summed E-state index contributed by atoms with van der Waals surface area (Å²) in [6, 6.07) is 7.47. The monoisotopic (exact) mass is 562 g/mol. The quantitative estimate of drug-likeness (QED) is 0.273. The van der Waals surface area contributed by atoms with E-state index in [0.717, 1.165) is 10.0 Å². The van der Waals surface area contributed by atoms with E-state index in [9.17, 15) is 9.59 Å². The van der Waals surface area contributed by atoms with Gasteiger partial charge in [-0.1, -0.05) is 52.9 Å². The third-order valence-corrected chi connectivity index (χ3v) is 6.51. The molecule has 1 aromatic carbocycles. The standard InChI is InChI=1S/C27H31BrO8/c1-6-7-8-9-18(29)31-20-21(32-19(30)15-12-16-10-13-17(28)14-11-16)23-25(36-27(4,5)34-23)24-22(20)33-26(2,3)35-24/h6-8,10-15,20-25H,1,9H2,2-5H3/b8-7+,15-12+/t20-,21-,22+,23+,24+,25+/m0/s1. The van der Waals surface area contributed by atoms with Crippen molar-refractivity contribution in [1.82, 2.24) is 0 Å². The van der Waals surface area contributed by atoms with Gasteiger partial charge < -0.3 is 28.4 Å². The Kier molecular flexibility index (Phi) is 7.87. The molecular formula is C27H31BrO8. The van der Waals surface area contributed by atoms with Crippen molar-refractivity contribution in [2.45, 2.75) is 82.3 Å². The van der Waals surface area contributed by atoms with Crippen molar-refractivity contribution in [3.63, 3.8) is 0 Å². The van der Waals surface area contributed by atoms with Crippen LogP contribution in [0.1, 0.15) is 39.7 Å². The van der Waals surface area contributed by atoms with Gasteiger partial charge in [-0.3, -0.25) is 4.79 Å². The van der Waals surface area contributed by atoms with Gasteiger partial charge in [-0.05, 0) is 51.5 Å². The minimum Gasteiger partial charge on any atom is -0.455 e. The number of hydrogen-bond acceptors (Lipinski definition) is 8. The molecule has 1 aliphatic carbocycles. The first kappa shape index (κ1) is 26.8. The first-order chi connectivity index (χ1) is 17.0. The number of allylic oxidation sites excluding steroid dienone is 2. The Bertz CT molecular complexity index is 1040. The topological polar surface area (TPSA) is 89.5 Å². The third kappa shape index (κ3) is 6.15. The SMILES string of the molecule is C=C/C=C/CC(=O)O[C@H]1[C@H](OC(=O)/C=C/c2ccc(Br)cc2)[C@H]2OC(C)(C)O[C@H]2[C@@H]2OC(C)(C)O[C@H]12. The van der Waals surface area contributed by atoms with Crippen molar-refractivity contribution in [3.8, 4) is 0 Å². The van der Waals surface area contributed by atoms with Gasteiger partial charge in [0.25, 0.3) is 0 Å². The summed E-state index contributed by atoms with van der Waals surface area (Å²) in [4.78, 5) is 25.6. The van der Waals surface area contributed by atoms with Gasteiger partial charge in [0, 0.05) is 10.5 Å². The number of fused-ring (bicyclic) bond motifs is 3. The molecule has 0 N–H and O–H groups in total. The predicted molar refractivity (Wildman–Crippen MR) is 135 cm³/mol. The summed E-state index contributed by atoms with van der Waals surface area (Å²) in [6.07, 6.45) is 3.27. The van der Waals surface area contributed by atoms with Crippen LogP contribution in [0.2, 0.25) is 0 Å². The Morgan fingerprint density at radius 1 is 0.917 bits per heavy atom. The second kappa shape index (κ2) is 10.6. The van der Waals surface area contributed by atoms with E-state index in [1.165, 1.54) is 6.08 Å². The lowest BCUT2D eigenvalue weighted by atomic mass is 9.84. The van der Waals surface area contributed by atoms with Crippen LogP contribution in [0, 0.1) is 0 Å². The fourth-order valence-electron chi connectivity index (χ4n) is 4.66. The fourth-order valence-corrected chi connectivity index (χ4v) is 4.93. The summed E-state index contributed by atoms with van der Waals surface area (Å²) in [5.74, 6) is -3.03. The Morgan fingerprint density at radius 2 is 1.44 bits per heavy atom. The van der Waals surface area contributed by atoms with E-state index >= 15 is 0 Å². The van der Waals surface area contributed by atoms with Gasteiger partial charge in [0.1, 0.15) is 24.4 Å². The maximum atomic E-state index is 12.9. The molecular weight excluding hydrogens is 532 g/mol. The van der Waals surface area contributed by atoms with Crippen molar-refractivity contribution >= 4 is 33.9 Å². The highest BCUT2D eigenvalue weighted by Gasteiger charge is 2.65. The molecule has 0 radical (unpaired) electrons. The zero-order chi connectivity index (χ0) is 26.1. The smallest absolute Gasteiger partial charge is 0.331 e. The Labute approximate surface area is 219 Å². The lowest BCUT2D eigenvalue weighted by molar-refractivity contribution is -0.208. The average molecular weight is 563 g/mol. The van der Waals surface area contributed by atoms with Crippen LogP contribution in [0.25, 0.3) is 6.08 Å². The van der Waals surface area contributed by atoms with Crippen molar-refractivity contribution in [3.05, 3.63) is 65.2 Å². The predicted octanol–water partition coefficient (Wildman–Crippen LogP) is 4.47. The molecule has 8 nitrogen and oxygen atoms in total. The van der Waals surface area contributed by atoms with E-state index in [2.05, 4.69) is 22.5 Å². The first-order valence-electron chi connectivity index (χ1n) is 11.8. The molecule has 0 unspecified atom stereocenters. The zero-order valence-corrected chi connectivity index (χ0v) is 22.3. The Morgan fingerprint density at radius 3 is 2.00 bits per heavy atom. The number of hydrogen-bond donors (Lipinski definition) is 0.